The molecule has 16 heavy (non-hydrogen) atoms. The molecule has 0 unspecified atom stereocenters. The summed E-state index contributed by atoms with van der Waals surface area (Å²) in [6.45, 7) is 4.09. The van der Waals surface area contributed by atoms with Gasteiger partial charge in [-0.2, -0.15) is 5.10 Å². The molecular formula is C12H14ClN3. The summed E-state index contributed by atoms with van der Waals surface area (Å²) < 4.78 is 1.85. The average Bonchev–Trinajstić information content (AvgIpc) is 2.60. The first kappa shape index (κ1) is 11.0. The van der Waals surface area contributed by atoms with E-state index < -0.39 is 0 Å². The minimum Gasteiger partial charge on any atom is -0.399 e. The van der Waals surface area contributed by atoms with Crippen molar-refractivity contribution in [2.24, 2.45) is 0 Å². The number of anilines is 1. The van der Waals surface area contributed by atoms with Crippen LogP contribution in [-0.2, 0) is 6.42 Å². The lowest BCUT2D eigenvalue weighted by Gasteiger charge is -2.07. The summed E-state index contributed by atoms with van der Waals surface area (Å²) >= 11 is 6.15. The fraction of sp³-hybridized carbons (Fsp3) is 0.250. The topological polar surface area (TPSA) is 43.8 Å². The van der Waals surface area contributed by atoms with E-state index in [0.717, 1.165) is 23.5 Å². The molecule has 3 nitrogen and oxygen atoms in total. The maximum absolute atomic E-state index is 6.15. The summed E-state index contributed by atoms with van der Waals surface area (Å²) in [5.74, 6) is 0. The van der Waals surface area contributed by atoms with Crippen LogP contribution in [-0.4, -0.2) is 9.78 Å². The Kier molecular flexibility index (Phi) is 2.88. The van der Waals surface area contributed by atoms with Crippen LogP contribution >= 0.6 is 11.6 Å². The molecule has 0 saturated carbocycles. The zero-order valence-electron chi connectivity index (χ0n) is 9.37. The summed E-state index contributed by atoms with van der Waals surface area (Å²) in [6, 6.07) is 7.52. The second kappa shape index (κ2) is 4.18. The third-order valence-corrected chi connectivity index (χ3v) is 2.80. The minimum atomic E-state index is 0.619. The van der Waals surface area contributed by atoms with Crippen LogP contribution in [0.5, 0.6) is 0 Å². The smallest absolute Gasteiger partial charge is 0.0836 e. The molecule has 0 amide bonds. The number of aryl methyl sites for hydroxylation is 2. The summed E-state index contributed by atoms with van der Waals surface area (Å²) in [4.78, 5) is 0. The van der Waals surface area contributed by atoms with Crippen LogP contribution in [0.15, 0.2) is 24.3 Å². The van der Waals surface area contributed by atoms with Crippen LogP contribution < -0.4 is 5.73 Å². The fourth-order valence-electron chi connectivity index (χ4n) is 1.65. The minimum absolute atomic E-state index is 0.619. The molecule has 2 N–H and O–H groups in total. The number of nitrogens with two attached hydrogens (primary N) is 1. The summed E-state index contributed by atoms with van der Waals surface area (Å²) in [5.41, 5.74) is 9.32. The van der Waals surface area contributed by atoms with Crippen LogP contribution in [0, 0.1) is 6.92 Å². The van der Waals surface area contributed by atoms with E-state index in [4.69, 9.17) is 17.3 Å². The first-order valence-corrected chi connectivity index (χ1v) is 5.60. The van der Waals surface area contributed by atoms with E-state index in [1.165, 1.54) is 0 Å². The zero-order chi connectivity index (χ0) is 11.7. The van der Waals surface area contributed by atoms with Crippen molar-refractivity contribution in [3.63, 3.8) is 0 Å². The molecule has 1 heterocycles. The highest BCUT2D eigenvalue weighted by molar-refractivity contribution is 6.32. The van der Waals surface area contributed by atoms with E-state index >= 15 is 0 Å². The van der Waals surface area contributed by atoms with Crippen molar-refractivity contribution in [1.82, 2.24) is 9.78 Å². The van der Waals surface area contributed by atoms with Gasteiger partial charge in [0.1, 0.15) is 0 Å². The Balaban J connectivity index is 2.53. The van der Waals surface area contributed by atoms with Gasteiger partial charge in [0.25, 0.3) is 0 Å². The lowest BCUT2D eigenvalue weighted by molar-refractivity contribution is 0.818. The van der Waals surface area contributed by atoms with Gasteiger partial charge in [-0.15, -0.1) is 0 Å². The van der Waals surface area contributed by atoms with E-state index in [-0.39, 0.29) is 0 Å². The second-order valence-electron chi connectivity index (χ2n) is 3.75. The Labute approximate surface area is 99.8 Å². The summed E-state index contributed by atoms with van der Waals surface area (Å²) in [5, 5.41) is 5.10. The van der Waals surface area contributed by atoms with Crippen LogP contribution in [0.25, 0.3) is 5.69 Å². The quantitative estimate of drug-likeness (QED) is 0.814. The van der Waals surface area contributed by atoms with Gasteiger partial charge in [-0.05, 0) is 37.6 Å². The third-order valence-electron chi connectivity index (χ3n) is 2.50. The second-order valence-corrected chi connectivity index (χ2v) is 4.16. The number of nitrogens with zero attached hydrogens (tertiary/aromatic N) is 2. The number of rotatable bonds is 2. The number of hydrogen-bond donors (Lipinski definition) is 1. The third kappa shape index (κ3) is 1.91. The number of hydrogen-bond acceptors (Lipinski definition) is 2. The molecule has 0 aliphatic heterocycles. The van der Waals surface area contributed by atoms with Crippen molar-refractivity contribution in [3.8, 4) is 5.69 Å². The molecular weight excluding hydrogens is 222 g/mol. The molecule has 0 aliphatic carbocycles. The van der Waals surface area contributed by atoms with Crippen molar-refractivity contribution in [3.05, 3.63) is 40.7 Å². The maximum Gasteiger partial charge on any atom is 0.0836 e. The number of nitrogen functional groups attached to an aromatic ring is 1. The van der Waals surface area contributed by atoms with Gasteiger partial charge < -0.3 is 5.73 Å². The standard InChI is InChI=1S/C12H14ClN3/c1-3-10-6-8(2)16(15-10)12-5-4-9(14)7-11(12)13/h4-7H,3,14H2,1-2H3. The van der Waals surface area contributed by atoms with Gasteiger partial charge in [-0.3, -0.25) is 0 Å². The zero-order valence-corrected chi connectivity index (χ0v) is 10.1. The molecule has 0 atom stereocenters. The highest BCUT2D eigenvalue weighted by Crippen LogP contribution is 2.24. The van der Waals surface area contributed by atoms with E-state index in [1.807, 2.05) is 23.7 Å². The van der Waals surface area contributed by atoms with E-state index in [0.29, 0.717) is 10.7 Å². The molecule has 0 spiro atoms. The lowest BCUT2D eigenvalue weighted by atomic mass is 10.3. The predicted octanol–water partition coefficient (Wildman–Crippen LogP) is 2.98. The summed E-state index contributed by atoms with van der Waals surface area (Å²) in [7, 11) is 0. The SMILES string of the molecule is CCc1cc(C)n(-c2ccc(N)cc2Cl)n1. The molecule has 0 saturated heterocycles. The molecule has 0 radical (unpaired) electrons. The van der Waals surface area contributed by atoms with E-state index in [9.17, 15) is 0 Å². The number of aromatic nitrogens is 2. The molecule has 2 aromatic rings. The molecule has 0 aliphatic rings. The average molecular weight is 236 g/mol. The van der Waals surface area contributed by atoms with Gasteiger partial charge in [-0.1, -0.05) is 18.5 Å². The highest BCUT2D eigenvalue weighted by Gasteiger charge is 2.08. The van der Waals surface area contributed by atoms with Crippen LogP contribution in [0.3, 0.4) is 0 Å². The Morgan fingerprint density at radius 2 is 2.12 bits per heavy atom. The van der Waals surface area contributed by atoms with Crippen molar-refractivity contribution in [2.45, 2.75) is 20.3 Å². The van der Waals surface area contributed by atoms with E-state index in [1.54, 1.807) is 6.07 Å². The van der Waals surface area contributed by atoms with Gasteiger partial charge in [0.2, 0.25) is 0 Å². The predicted molar refractivity (Wildman–Crippen MR) is 67.1 cm³/mol. The van der Waals surface area contributed by atoms with Gasteiger partial charge in [0.05, 0.1) is 16.4 Å². The fourth-order valence-corrected chi connectivity index (χ4v) is 1.92. The van der Waals surface area contributed by atoms with Gasteiger partial charge >= 0.3 is 0 Å². The lowest BCUT2D eigenvalue weighted by Crippen LogP contribution is -2.00. The monoisotopic (exact) mass is 235 g/mol. The van der Waals surface area contributed by atoms with Crippen LogP contribution in [0.4, 0.5) is 5.69 Å². The molecule has 84 valence electrons. The van der Waals surface area contributed by atoms with Crippen molar-refractivity contribution < 1.29 is 0 Å². The Hall–Kier alpha value is -1.48. The number of halogens is 1. The van der Waals surface area contributed by atoms with Crippen molar-refractivity contribution in [2.75, 3.05) is 5.73 Å². The summed E-state index contributed by atoms with van der Waals surface area (Å²) in [6.07, 6.45) is 0.917. The molecule has 0 bridgehead atoms. The van der Waals surface area contributed by atoms with E-state index in [2.05, 4.69) is 18.1 Å². The van der Waals surface area contributed by atoms with Gasteiger partial charge in [-0.25, -0.2) is 4.68 Å². The largest absolute Gasteiger partial charge is 0.399 e. The molecule has 2 rings (SSSR count). The maximum atomic E-state index is 6.15. The van der Waals surface area contributed by atoms with Crippen molar-refractivity contribution >= 4 is 17.3 Å². The molecule has 0 fully saturated rings. The molecule has 1 aromatic heterocycles. The van der Waals surface area contributed by atoms with Crippen LogP contribution in [0.1, 0.15) is 18.3 Å². The Morgan fingerprint density at radius 3 is 2.69 bits per heavy atom. The highest BCUT2D eigenvalue weighted by atomic mass is 35.5. The molecule has 4 heteroatoms. The number of benzene rings is 1. The molecule has 1 aromatic carbocycles. The van der Waals surface area contributed by atoms with Crippen molar-refractivity contribution in [1.29, 1.82) is 0 Å². The Bertz CT molecular complexity index is 517. The van der Waals surface area contributed by atoms with Crippen LogP contribution in [0.2, 0.25) is 5.02 Å². The first-order chi connectivity index (χ1) is 7.61. The van der Waals surface area contributed by atoms with Gasteiger partial charge in [0, 0.05) is 11.4 Å². The van der Waals surface area contributed by atoms with Gasteiger partial charge in [0.15, 0.2) is 0 Å². The first-order valence-electron chi connectivity index (χ1n) is 5.22. The normalized spacial score (nSPS) is 10.7. The Morgan fingerprint density at radius 1 is 1.38 bits per heavy atom.